The van der Waals surface area contributed by atoms with Crippen LogP contribution >= 0.6 is 0 Å². The Morgan fingerprint density at radius 1 is 1.03 bits per heavy atom. The topological polar surface area (TPSA) is 85.3 Å². The molecule has 0 unspecified atom stereocenters. The van der Waals surface area contributed by atoms with Crippen molar-refractivity contribution in [3.63, 3.8) is 0 Å². The highest BCUT2D eigenvalue weighted by Gasteiger charge is 2.46. The lowest BCUT2D eigenvalue weighted by atomic mass is 9.94. The van der Waals surface area contributed by atoms with E-state index in [1.54, 1.807) is 25.3 Å². The molecule has 1 fully saturated rings. The molecule has 2 aliphatic heterocycles. The molecule has 190 valence electrons. The first kappa shape index (κ1) is 24.6. The Morgan fingerprint density at radius 3 is 2.59 bits per heavy atom. The monoisotopic (exact) mass is 499 g/mol. The summed E-state index contributed by atoms with van der Waals surface area (Å²) in [6, 6.07) is 21.2. The third-order valence-corrected chi connectivity index (χ3v) is 6.61. The van der Waals surface area contributed by atoms with Gasteiger partial charge in [-0.2, -0.15) is 0 Å². The highest BCUT2D eigenvalue weighted by Crippen LogP contribution is 2.41. The number of benzene rings is 3. The fourth-order valence-corrected chi connectivity index (χ4v) is 4.93. The van der Waals surface area contributed by atoms with E-state index >= 15 is 0 Å². The van der Waals surface area contributed by atoms with Gasteiger partial charge in [0.15, 0.2) is 0 Å². The average Bonchev–Trinajstić information content (AvgIpc) is 3.40. The summed E-state index contributed by atoms with van der Waals surface area (Å²) in [4.78, 5) is 28.0. The summed E-state index contributed by atoms with van der Waals surface area (Å²) in [6.07, 6.45) is 1.31. The zero-order valence-electron chi connectivity index (χ0n) is 20.8. The molecule has 1 N–H and O–H groups in total. The van der Waals surface area contributed by atoms with Crippen molar-refractivity contribution in [1.29, 1.82) is 0 Å². The molecule has 0 bridgehead atoms. The van der Waals surface area contributed by atoms with E-state index in [2.05, 4.69) is 0 Å². The molecule has 0 saturated carbocycles. The summed E-state index contributed by atoms with van der Waals surface area (Å²) < 4.78 is 17.0. The predicted octanol–water partition coefficient (Wildman–Crippen LogP) is 5.26. The molecule has 0 radical (unpaired) electrons. The van der Waals surface area contributed by atoms with Crippen molar-refractivity contribution in [2.75, 3.05) is 20.3 Å². The smallest absolute Gasteiger partial charge is 0.295 e. The molecule has 2 aliphatic rings. The Kier molecular flexibility index (Phi) is 6.97. The van der Waals surface area contributed by atoms with E-state index in [1.807, 2.05) is 61.5 Å². The lowest BCUT2D eigenvalue weighted by Gasteiger charge is -2.25. The molecule has 0 aromatic heterocycles. The van der Waals surface area contributed by atoms with Gasteiger partial charge < -0.3 is 24.2 Å². The highest BCUT2D eigenvalue weighted by molar-refractivity contribution is 6.46. The van der Waals surface area contributed by atoms with Crippen molar-refractivity contribution in [2.24, 2.45) is 0 Å². The summed E-state index contributed by atoms with van der Waals surface area (Å²) >= 11 is 0. The highest BCUT2D eigenvalue weighted by atomic mass is 16.5. The molecule has 0 spiro atoms. The molecule has 5 rings (SSSR count). The zero-order valence-corrected chi connectivity index (χ0v) is 20.8. The second-order valence-electron chi connectivity index (χ2n) is 9.28. The number of ketones is 1. The fraction of sp³-hybridized carbons (Fsp3) is 0.267. The van der Waals surface area contributed by atoms with E-state index in [0.717, 1.165) is 11.3 Å². The van der Waals surface area contributed by atoms with E-state index in [1.165, 1.54) is 4.90 Å². The molecule has 2 heterocycles. The van der Waals surface area contributed by atoms with Crippen LogP contribution in [0.15, 0.2) is 78.4 Å². The van der Waals surface area contributed by atoms with Crippen LogP contribution in [0.25, 0.3) is 5.76 Å². The Morgan fingerprint density at radius 2 is 1.81 bits per heavy atom. The minimum atomic E-state index is -0.764. The number of ether oxygens (including phenoxy) is 3. The van der Waals surface area contributed by atoms with Gasteiger partial charge in [-0.1, -0.05) is 30.3 Å². The summed E-state index contributed by atoms with van der Waals surface area (Å²) in [7, 11) is 1.59. The summed E-state index contributed by atoms with van der Waals surface area (Å²) in [6.45, 7) is 2.73. The van der Waals surface area contributed by atoms with Gasteiger partial charge >= 0.3 is 0 Å². The molecule has 1 saturated heterocycles. The van der Waals surface area contributed by atoms with E-state index in [4.69, 9.17) is 14.2 Å². The Labute approximate surface area is 215 Å². The van der Waals surface area contributed by atoms with Crippen LogP contribution < -0.4 is 9.47 Å². The van der Waals surface area contributed by atoms with Gasteiger partial charge in [0.25, 0.3) is 11.7 Å². The van der Waals surface area contributed by atoms with E-state index in [9.17, 15) is 14.7 Å². The minimum Gasteiger partial charge on any atom is -0.507 e. The van der Waals surface area contributed by atoms with Crippen LogP contribution in [0.3, 0.4) is 0 Å². The normalized spacial score (nSPS) is 20.1. The molecule has 2 atom stereocenters. The van der Waals surface area contributed by atoms with Gasteiger partial charge in [-0.25, -0.2) is 0 Å². The standard InChI is InChI=1S/C30H29NO6/c1-19-16-22-17-21(12-13-25(22)36-19)28(32)26-27(31(14-7-15-35-2)30(34)29(26)33)20-8-6-11-24(18-20)37-23-9-4-3-5-10-23/h3-6,8-13,17-19,27,32H,7,14-16H2,1-2H3/t19-,27+/m1/s1. The second-order valence-corrected chi connectivity index (χ2v) is 9.28. The summed E-state index contributed by atoms with van der Waals surface area (Å²) in [5.41, 5.74) is 2.17. The maximum Gasteiger partial charge on any atom is 0.295 e. The van der Waals surface area contributed by atoms with Crippen LogP contribution in [-0.4, -0.2) is 48.1 Å². The van der Waals surface area contributed by atoms with Gasteiger partial charge in [0, 0.05) is 32.2 Å². The molecule has 7 heteroatoms. The number of nitrogens with zero attached hydrogens (tertiary/aromatic N) is 1. The van der Waals surface area contributed by atoms with Crippen LogP contribution in [0.5, 0.6) is 17.2 Å². The van der Waals surface area contributed by atoms with E-state index in [0.29, 0.717) is 48.6 Å². The lowest BCUT2D eigenvalue weighted by molar-refractivity contribution is -0.140. The van der Waals surface area contributed by atoms with E-state index in [-0.39, 0.29) is 17.4 Å². The fourth-order valence-electron chi connectivity index (χ4n) is 4.93. The Hall–Kier alpha value is -4.10. The maximum absolute atomic E-state index is 13.3. The number of hydrogen-bond acceptors (Lipinski definition) is 6. The number of hydrogen-bond donors (Lipinski definition) is 1. The number of amides is 1. The molecule has 0 aliphatic carbocycles. The molecule has 1 amide bonds. The number of methoxy groups -OCH3 is 1. The average molecular weight is 500 g/mol. The third-order valence-electron chi connectivity index (χ3n) is 6.61. The number of carbonyl (C=O) groups excluding carboxylic acids is 2. The summed E-state index contributed by atoms with van der Waals surface area (Å²) in [5.74, 6) is 0.452. The van der Waals surface area contributed by atoms with Crippen LogP contribution in [-0.2, 0) is 20.7 Å². The van der Waals surface area contributed by atoms with Crippen LogP contribution in [0.2, 0.25) is 0 Å². The van der Waals surface area contributed by atoms with Gasteiger partial charge in [0.2, 0.25) is 0 Å². The zero-order chi connectivity index (χ0) is 25.9. The predicted molar refractivity (Wildman–Crippen MR) is 139 cm³/mol. The maximum atomic E-state index is 13.3. The number of fused-ring (bicyclic) bond motifs is 1. The first-order valence-electron chi connectivity index (χ1n) is 12.4. The van der Waals surface area contributed by atoms with Crippen molar-refractivity contribution in [3.05, 3.63) is 95.1 Å². The summed E-state index contributed by atoms with van der Waals surface area (Å²) in [5, 5.41) is 11.4. The number of aliphatic hydroxyl groups excluding tert-OH is 1. The van der Waals surface area contributed by atoms with Crippen molar-refractivity contribution in [1.82, 2.24) is 4.90 Å². The van der Waals surface area contributed by atoms with E-state index < -0.39 is 17.7 Å². The van der Waals surface area contributed by atoms with Crippen LogP contribution in [0.4, 0.5) is 0 Å². The van der Waals surface area contributed by atoms with Crippen LogP contribution in [0.1, 0.15) is 36.1 Å². The first-order chi connectivity index (χ1) is 18.0. The van der Waals surface area contributed by atoms with Gasteiger partial charge in [-0.3, -0.25) is 9.59 Å². The van der Waals surface area contributed by atoms with Crippen molar-refractivity contribution in [3.8, 4) is 17.2 Å². The molecule has 37 heavy (non-hydrogen) atoms. The molecule has 3 aromatic carbocycles. The van der Waals surface area contributed by atoms with Gasteiger partial charge in [-0.15, -0.1) is 0 Å². The van der Waals surface area contributed by atoms with Gasteiger partial charge in [-0.05, 0) is 66.9 Å². The van der Waals surface area contributed by atoms with Gasteiger partial charge in [0.05, 0.1) is 11.6 Å². The first-order valence-corrected chi connectivity index (χ1v) is 12.4. The number of carbonyl (C=O) groups is 2. The lowest BCUT2D eigenvalue weighted by Crippen LogP contribution is -2.31. The molecular formula is C30H29NO6. The number of Topliss-reactive ketones (excluding diaryl/α,β-unsaturated/α-hetero) is 1. The van der Waals surface area contributed by atoms with Crippen molar-refractivity contribution >= 4 is 17.4 Å². The third kappa shape index (κ3) is 4.95. The Bertz CT molecular complexity index is 1350. The van der Waals surface area contributed by atoms with Gasteiger partial charge in [0.1, 0.15) is 29.1 Å². The largest absolute Gasteiger partial charge is 0.507 e. The second kappa shape index (κ2) is 10.5. The molecular weight excluding hydrogens is 470 g/mol. The Balaban J connectivity index is 1.57. The number of aliphatic hydroxyl groups is 1. The number of para-hydroxylation sites is 1. The van der Waals surface area contributed by atoms with Crippen LogP contribution in [0, 0.1) is 0 Å². The molecule has 7 nitrogen and oxygen atoms in total. The van der Waals surface area contributed by atoms with Crippen molar-refractivity contribution < 1.29 is 28.9 Å². The molecule has 3 aromatic rings. The minimum absolute atomic E-state index is 0.0473. The SMILES string of the molecule is COCCCN1C(=O)C(=O)C(=C(O)c2ccc3c(c2)C[C@@H](C)O3)[C@@H]1c1cccc(Oc2ccccc2)c1. The quantitative estimate of drug-likeness (QED) is 0.197. The number of likely N-dealkylation sites (tertiary alicyclic amines) is 1. The van der Waals surface area contributed by atoms with Crippen molar-refractivity contribution in [2.45, 2.75) is 31.9 Å². The number of rotatable bonds is 8.